The lowest BCUT2D eigenvalue weighted by Gasteiger charge is -2.32. The number of aliphatic imine (C=N–C) groups is 1. The number of nitrogens with one attached hydrogen (secondary N) is 2. The van der Waals surface area contributed by atoms with E-state index in [-0.39, 0.29) is 32.0 Å². The first-order chi connectivity index (χ1) is 12.6. The van der Waals surface area contributed by atoms with Crippen LogP contribution in [0, 0.1) is 6.92 Å². The molecule has 0 atom stereocenters. The van der Waals surface area contributed by atoms with Gasteiger partial charge in [0, 0.05) is 32.7 Å². The van der Waals surface area contributed by atoms with Crippen LogP contribution in [0.3, 0.4) is 0 Å². The van der Waals surface area contributed by atoms with Crippen LogP contribution in [0.25, 0.3) is 0 Å². The zero-order valence-corrected chi connectivity index (χ0v) is 16.2. The van der Waals surface area contributed by atoms with Gasteiger partial charge in [-0.05, 0) is 31.7 Å². The van der Waals surface area contributed by atoms with E-state index in [1.54, 1.807) is 7.05 Å². The van der Waals surface area contributed by atoms with Crippen molar-refractivity contribution in [3.05, 3.63) is 35.4 Å². The van der Waals surface area contributed by atoms with E-state index in [1.165, 1.54) is 11.1 Å². The highest BCUT2D eigenvalue weighted by Crippen LogP contribution is 2.28. The van der Waals surface area contributed by atoms with Crippen LogP contribution in [-0.2, 0) is 16.4 Å². The summed E-state index contributed by atoms with van der Waals surface area (Å²) < 4.78 is 61.2. The molecule has 0 bridgehead atoms. The molecule has 2 rings (SSSR count). The van der Waals surface area contributed by atoms with Crippen LogP contribution in [0.1, 0.15) is 24.0 Å². The highest BCUT2D eigenvalue weighted by atomic mass is 32.2. The van der Waals surface area contributed by atoms with E-state index in [1.807, 2.05) is 19.1 Å². The highest BCUT2D eigenvalue weighted by Gasteiger charge is 2.50. The van der Waals surface area contributed by atoms with Crippen LogP contribution in [-0.4, -0.2) is 56.9 Å². The molecule has 0 aliphatic carbocycles. The van der Waals surface area contributed by atoms with E-state index in [0.717, 1.165) is 6.42 Å². The molecular formula is C17H25F3N4O2S. The minimum atomic E-state index is -5.25. The van der Waals surface area contributed by atoms with Gasteiger partial charge in [0.05, 0.1) is 0 Å². The molecule has 10 heteroatoms. The third kappa shape index (κ3) is 5.83. The van der Waals surface area contributed by atoms with Crippen molar-refractivity contribution in [2.45, 2.75) is 37.7 Å². The molecule has 0 saturated carbocycles. The van der Waals surface area contributed by atoms with Gasteiger partial charge in [-0.1, -0.05) is 29.8 Å². The van der Waals surface area contributed by atoms with Crippen molar-refractivity contribution in [3.8, 4) is 0 Å². The molecule has 152 valence electrons. The molecule has 1 saturated heterocycles. The van der Waals surface area contributed by atoms with Crippen molar-refractivity contribution in [2.24, 2.45) is 4.99 Å². The number of piperidine rings is 1. The molecule has 0 amide bonds. The van der Waals surface area contributed by atoms with Gasteiger partial charge in [0.1, 0.15) is 0 Å². The molecule has 27 heavy (non-hydrogen) atoms. The Labute approximate surface area is 157 Å². The predicted octanol–water partition coefficient (Wildman–Crippen LogP) is 2.02. The largest absolute Gasteiger partial charge is 0.511 e. The van der Waals surface area contributed by atoms with Crippen LogP contribution in [0.5, 0.6) is 0 Å². The van der Waals surface area contributed by atoms with E-state index >= 15 is 0 Å². The average Bonchev–Trinajstić information content (AvgIpc) is 2.62. The van der Waals surface area contributed by atoms with Crippen LogP contribution >= 0.6 is 0 Å². The van der Waals surface area contributed by atoms with Crippen molar-refractivity contribution < 1.29 is 21.6 Å². The zero-order valence-electron chi connectivity index (χ0n) is 15.4. The SMILES string of the molecule is CN=C(NCCc1ccc(C)cc1)NC1CCN(S(=O)(=O)C(F)(F)F)CC1. The van der Waals surface area contributed by atoms with Crippen molar-refractivity contribution in [3.63, 3.8) is 0 Å². The number of hydrogen-bond acceptors (Lipinski definition) is 3. The standard InChI is InChI=1S/C17H25F3N4O2S/c1-13-3-5-14(6-4-13)7-10-22-16(21-2)23-15-8-11-24(12-9-15)27(25,26)17(18,19)20/h3-6,15H,7-12H2,1-2H3,(H2,21,22,23). The fourth-order valence-corrected chi connectivity index (χ4v) is 3.84. The summed E-state index contributed by atoms with van der Waals surface area (Å²) in [6.45, 7) is 2.35. The summed E-state index contributed by atoms with van der Waals surface area (Å²) in [6, 6.07) is 8.08. The maximum absolute atomic E-state index is 12.6. The number of alkyl halides is 3. The highest BCUT2D eigenvalue weighted by molar-refractivity contribution is 7.90. The topological polar surface area (TPSA) is 73.8 Å². The van der Waals surface area contributed by atoms with Crippen molar-refractivity contribution in [1.29, 1.82) is 0 Å². The molecule has 1 aromatic carbocycles. The van der Waals surface area contributed by atoms with Gasteiger partial charge in [0.2, 0.25) is 0 Å². The van der Waals surface area contributed by atoms with Gasteiger partial charge in [0.25, 0.3) is 0 Å². The minimum Gasteiger partial charge on any atom is -0.356 e. The molecule has 1 aliphatic rings. The number of guanidine groups is 1. The van der Waals surface area contributed by atoms with Crippen LogP contribution < -0.4 is 10.6 Å². The maximum Gasteiger partial charge on any atom is 0.511 e. The lowest BCUT2D eigenvalue weighted by molar-refractivity contribution is -0.0494. The van der Waals surface area contributed by atoms with Crippen molar-refractivity contribution >= 4 is 16.0 Å². The zero-order chi connectivity index (χ0) is 20.1. The number of rotatable bonds is 5. The molecule has 0 unspecified atom stereocenters. The Hall–Kier alpha value is -1.81. The lowest BCUT2D eigenvalue weighted by atomic mass is 10.1. The molecule has 1 aromatic rings. The summed E-state index contributed by atoms with van der Waals surface area (Å²) in [5.74, 6) is 0.555. The summed E-state index contributed by atoms with van der Waals surface area (Å²) in [5, 5.41) is 6.32. The smallest absolute Gasteiger partial charge is 0.356 e. The summed E-state index contributed by atoms with van der Waals surface area (Å²) in [5.41, 5.74) is -2.86. The second-order valence-corrected chi connectivity index (χ2v) is 8.43. The maximum atomic E-state index is 12.6. The van der Waals surface area contributed by atoms with Crippen LogP contribution in [0.4, 0.5) is 13.2 Å². The normalized spacial score (nSPS) is 17.7. The molecule has 2 N–H and O–H groups in total. The Bertz CT molecular complexity index is 740. The number of sulfonamides is 1. The number of halogens is 3. The Kier molecular flexibility index (Phi) is 7.10. The predicted molar refractivity (Wildman–Crippen MR) is 99.0 cm³/mol. The number of hydrogen-bond donors (Lipinski definition) is 2. The number of aryl methyl sites for hydroxylation is 1. The molecule has 0 aromatic heterocycles. The number of benzene rings is 1. The van der Waals surface area contributed by atoms with Gasteiger partial charge in [-0.3, -0.25) is 4.99 Å². The van der Waals surface area contributed by atoms with E-state index in [9.17, 15) is 21.6 Å². The average molecular weight is 406 g/mol. The van der Waals surface area contributed by atoms with E-state index in [4.69, 9.17) is 0 Å². The van der Waals surface area contributed by atoms with Gasteiger partial charge < -0.3 is 10.6 Å². The first-order valence-electron chi connectivity index (χ1n) is 8.72. The van der Waals surface area contributed by atoms with Gasteiger partial charge in [0.15, 0.2) is 5.96 Å². The van der Waals surface area contributed by atoms with Gasteiger partial charge in [-0.15, -0.1) is 0 Å². The Morgan fingerprint density at radius 1 is 1.22 bits per heavy atom. The van der Waals surface area contributed by atoms with Crippen molar-refractivity contribution in [2.75, 3.05) is 26.7 Å². The van der Waals surface area contributed by atoms with Crippen LogP contribution in [0.2, 0.25) is 0 Å². The lowest BCUT2D eigenvalue weighted by Crippen LogP contribution is -2.51. The molecule has 0 radical (unpaired) electrons. The summed E-state index contributed by atoms with van der Waals surface area (Å²) >= 11 is 0. The second-order valence-electron chi connectivity index (χ2n) is 6.50. The fraction of sp³-hybridized carbons (Fsp3) is 0.588. The van der Waals surface area contributed by atoms with Gasteiger partial charge in [-0.2, -0.15) is 17.5 Å². The summed E-state index contributed by atoms with van der Waals surface area (Å²) in [4.78, 5) is 4.12. The second kappa shape index (κ2) is 8.92. The first kappa shape index (κ1) is 21.5. The molecule has 1 fully saturated rings. The van der Waals surface area contributed by atoms with E-state index < -0.39 is 15.5 Å². The summed E-state index contributed by atoms with van der Waals surface area (Å²) in [6.07, 6.45) is 1.38. The van der Waals surface area contributed by atoms with Gasteiger partial charge >= 0.3 is 15.5 Å². The third-order valence-electron chi connectivity index (χ3n) is 4.48. The van der Waals surface area contributed by atoms with Gasteiger partial charge in [-0.25, -0.2) is 8.42 Å². The quantitative estimate of drug-likeness (QED) is 0.580. The molecule has 1 aliphatic heterocycles. The molecule has 1 heterocycles. The monoisotopic (exact) mass is 406 g/mol. The molecule has 0 spiro atoms. The first-order valence-corrected chi connectivity index (χ1v) is 10.2. The molecular weight excluding hydrogens is 381 g/mol. The fourth-order valence-electron chi connectivity index (χ4n) is 2.85. The van der Waals surface area contributed by atoms with Crippen LogP contribution in [0.15, 0.2) is 29.3 Å². The number of nitrogens with zero attached hydrogens (tertiary/aromatic N) is 2. The summed E-state index contributed by atoms with van der Waals surface area (Å²) in [7, 11) is -3.63. The van der Waals surface area contributed by atoms with Crippen molar-refractivity contribution in [1.82, 2.24) is 14.9 Å². The van der Waals surface area contributed by atoms with E-state index in [2.05, 4.69) is 27.8 Å². The minimum absolute atomic E-state index is 0.129. The Morgan fingerprint density at radius 3 is 2.33 bits per heavy atom. The Morgan fingerprint density at radius 2 is 1.81 bits per heavy atom. The van der Waals surface area contributed by atoms with E-state index in [0.29, 0.717) is 16.8 Å². The molecule has 6 nitrogen and oxygen atoms in total. The third-order valence-corrected chi connectivity index (χ3v) is 6.11. The Balaban J connectivity index is 1.78.